The van der Waals surface area contributed by atoms with Gasteiger partial charge in [-0.1, -0.05) is 0 Å². The minimum absolute atomic E-state index is 0.133. The summed E-state index contributed by atoms with van der Waals surface area (Å²) in [5.41, 5.74) is -0.189. The highest BCUT2D eigenvalue weighted by atomic mass is 16.4. The summed E-state index contributed by atoms with van der Waals surface area (Å²) in [5.74, 6) is -0.780. The lowest BCUT2D eigenvalue weighted by Crippen LogP contribution is -2.51. The Morgan fingerprint density at radius 2 is 1.79 bits per heavy atom. The van der Waals surface area contributed by atoms with Crippen LogP contribution in [0.4, 0.5) is 0 Å². The molecule has 2 N–H and O–H groups in total. The molecule has 0 aromatic rings. The standard InChI is InChI=1S/C11H18O3/c1-10(14)6-11(7-10)4-2-8(3-5-11)9(12)13/h8,14H,2-7H2,1H3,(H,12,13). The Labute approximate surface area is 84.1 Å². The van der Waals surface area contributed by atoms with Gasteiger partial charge >= 0.3 is 5.97 Å². The number of hydrogen-bond donors (Lipinski definition) is 2. The van der Waals surface area contributed by atoms with Crippen LogP contribution in [-0.4, -0.2) is 21.8 Å². The Morgan fingerprint density at radius 3 is 2.14 bits per heavy atom. The van der Waals surface area contributed by atoms with Crippen LogP contribution in [0.3, 0.4) is 0 Å². The van der Waals surface area contributed by atoms with Crippen LogP contribution in [0.5, 0.6) is 0 Å². The molecule has 2 rings (SSSR count). The van der Waals surface area contributed by atoms with Crippen molar-refractivity contribution in [1.29, 1.82) is 0 Å². The molecule has 14 heavy (non-hydrogen) atoms. The Bertz CT molecular complexity index is 239. The van der Waals surface area contributed by atoms with Gasteiger partial charge in [-0.2, -0.15) is 0 Å². The first-order valence-corrected chi connectivity index (χ1v) is 5.38. The number of aliphatic hydroxyl groups is 1. The molecule has 0 bridgehead atoms. The molecule has 0 amide bonds. The van der Waals surface area contributed by atoms with Crippen LogP contribution < -0.4 is 0 Å². The van der Waals surface area contributed by atoms with E-state index in [9.17, 15) is 9.90 Å². The highest BCUT2D eigenvalue weighted by Gasteiger charge is 2.52. The van der Waals surface area contributed by atoms with E-state index in [-0.39, 0.29) is 11.3 Å². The topological polar surface area (TPSA) is 57.5 Å². The Morgan fingerprint density at radius 1 is 1.29 bits per heavy atom. The van der Waals surface area contributed by atoms with E-state index < -0.39 is 11.6 Å². The van der Waals surface area contributed by atoms with Gasteiger partial charge in [-0.05, 0) is 50.9 Å². The molecule has 2 aliphatic rings. The van der Waals surface area contributed by atoms with Gasteiger partial charge in [0.25, 0.3) is 0 Å². The average Bonchev–Trinajstić information content (AvgIpc) is 2.01. The second-order valence-corrected chi connectivity index (χ2v) is 5.46. The van der Waals surface area contributed by atoms with E-state index in [2.05, 4.69) is 0 Å². The minimum atomic E-state index is -0.647. The molecule has 0 atom stereocenters. The maximum absolute atomic E-state index is 10.7. The van der Waals surface area contributed by atoms with Crippen molar-refractivity contribution in [2.75, 3.05) is 0 Å². The van der Waals surface area contributed by atoms with E-state index in [0.29, 0.717) is 0 Å². The zero-order chi connectivity index (χ0) is 10.4. The minimum Gasteiger partial charge on any atom is -0.481 e. The van der Waals surface area contributed by atoms with E-state index in [1.807, 2.05) is 6.92 Å². The van der Waals surface area contributed by atoms with Gasteiger partial charge < -0.3 is 10.2 Å². The van der Waals surface area contributed by atoms with Crippen LogP contribution in [0, 0.1) is 11.3 Å². The number of hydrogen-bond acceptors (Lipinski definition) is 2. The summed E-state index contributed by atoms with van der Waals surface area (Å²) in [6.07, 6.45) is 5.30. The third-order valence-corrected chi connectivity index (χ3v) is 3.91. The Kier molecular flexibility index (Phi) is 2.11. The third-order valence-electron chi connectivity index (χ3n) is 3.91. The van der Waals surface area contributed by atoms with Crippen molar-refractivity contribution in [3.05, 3.63) is 0 Å². The molecule has 2 aliphatic carbocycles. The summed E-state index contributed by atoms with van der Waals surface area (Å²) in [6, 6.07) is 0. The van der Waals surface area contributed by atoms with E-state index in [1.54, 1.807) is 0 Å². The number of carboxylic acids is 1. The quantitative estimate of drug-likeness (QED) is 0.675. The van der Waals surface area contributed by atoms with Crippen molar-refractivity contribution in [2.45, 2.75) is 51.0 Å². The van der Waals surface area contributed by atoms with E-state index in [4.69, 9.17) is 5.11 Å². The molecule has 0 aromatic heterocycles. The van der Waals surface area contributed by atoms with E-state index in [1.165, 1.54) is 0 Å². The SMILES string of the molecule is CC1(O)CC2(CCC(C(=O)O)CC2)C1. The molecule has 0 heterocycles. The predicted molar refractivity (Wildman–Crippen MR) is 51.9 cm³/mol. The Balaban J connectivity index is 1.89. The molecule has 80 valence electrons. The molecule has 1 spiro atoms. The Hall–Kier alpha value is -0.570. The van der Waals surface area contributed by atoms with Gasteiger partial charge in [-0.3, -0.25) is 4.79 Å². The van der Waals surface area contributed by atoms with Gasteiger partial charge in [0.1, 0.15) is 0 Å². The van der Waals surface area contributed by atoms with E-state index in [0.717, 1.165) is 38.5 Å². The summed E-state index contributed by atoms with van der Waals surface area (Å²) in [5, 5.41) is 18.5. The second-order valence-electron chi connectivity index (χ2n) is 5.46. The van der Waals surface area contributed by atoms with Crippen molar-refractivity contribution in [2.24, 2.45) is 11.3 Å². The zero-order valence-corrected chi connectivity index (χ0v) is 8.62. The van der Waals surface area contributed by atoms with Crippen LogP contribution in [0.1, 0.15) is 45.4 Å². The van der Waals surface area contributed by atoms with Crippen LogP contribution in [0.25, 0.3) is 0 Å². The van der Waals surface area contributed by atoms with Crippen LogP contribution in [0.15, 0.2) is 0 Å². The van der Waals surface area contributed by atoms with Crippen LogP contribution in [0.2, 0.25) is 0 Å². The van der Waals surface area contributed by atoms with Gasteiger partial charge in [0.15, 0.2) is 0 Å². The summed E-state index contributed by atoms with van der Waals surface area (Å²) >= 11 is 0. The van der Waals surface area contributed by atoms with Gasteiger partial charge in [-0.25, -0.2) is 0 Å². The summed E-state index contributed by atoms with van der Waals surface area (Å²) in [6.45, 7) is 1.88. The van der Waals surface area contributed by atoms with Crippen LogP contribution >= 0.6 is 0 Å². The maximum atomic E-state index is 10.7. The first-order valence-electron chi connectivity index (χ1n) is 5.38. The summed E-state index contributed by atoms with van der Waals surface area (Å²) < 4.78 is 0. The lowest BCUT2D eigenvalue weighted by molar-refractivity contribution is -0.152. The van der Waals surface area contributed by atoms with Crippen molar-refractivity contribution < 1.29 is 15.0 Å². The number of carbonyl (C=O) groups is 1. The molecule has 0 saturated heterocycles. The molecule has 3 nitrogen and oxygen atoms in total. The molecule has 2 saturated carbocycles. The third kappa shape index (κ3) is 1.65. The average molecular weight is 198 g/mol. The van der Waals surface area contributed by atoms with Gasteiger partial charge in [-0.15, -0.1) is 0 Å². The highest BCUT2D eigenvalue weighted by Crippen LogP contribution is 2.57. The molecule has 0 aromatic carbocycles. The normalized spacial score (nSPS) is 47.4. The second kappa shape index (κ2) is 2.96. The van der Waals surface area contributed by atoms with Crippen molar-refractivity contribution in [3.63, 3.8) is 0 Å². The van der Waals surface area contributed by atoms with Crippen molar-refractivity contribution in [3.8, 4) is 0 Å². The van der Waals surface area contributed by atoms with Gasteiger partial charge in [0, 0.05) is 0 Å². The molecule has 0 aliphatic heterocycles. The maximum Gasteiger partial charge on any atom is 0.306 e. The molecule has 2 fully saturated rings. The molecular formula is C11H18O3. The fourth-order valence-electron chi connectivity index (χ4n) is 3.39. The number of aliphatic carboxylic acids is 1. The summed E-state index contributed by atoms with van der Waals surface area (Å²) in [7, 11) is 0. The lowest BCUT2D eigenvalue weighted by atomic mass is 9.53. The molecule has 3 heteroatoms. The molecular weight excluding hydrogens is 180 g/mol. The monoisotopic (exact) mass is 198 g/mol. The molecule has 0 unspecified atom stereocenters. The smallest absolute Gasteiger partial charge is 0.306 e. The predicted octanol–water partition coefficient (Wildman–Crippen LogP) is 1.79. The number of carboxylic acid groups (broad SMARTS) is 1. The fourth-order valence-corrected chi connectivity index (χ4v) is 3.39. The summed E-state index contributed by atoms with van der Waals surface area (Å²) in [4.78, 5) is 10.7. The van der Waals surface area contributed by atoms with Crippen molar-refractivity contribution >= 4 is 5.97 Å². The van der Waals surface area contributed by atoms with Gasteiger partial charge in [0.05, 0.1) is 11.5 Å². The first kappa shape index (κ1) is 9.97. The largest absolute Gasteiger partial charge is 0.481 e. The molecule has 0 radical (unpaired) electrons. The first-order chi connectivity index (χ1) is 6.43. The van der Waals surface area contributed by atoms with E-state index >= 15 is 0 Å². The number of rotatable bonds is 1. The van der Waals surface area contributed by atoms with Crippen LogP contribution in [-0.2, 0) is 4.79 Å². The van der Waals surface area contributed by atoms with Gasteiger partial charge in [0.2, 0.25) is 0 Å². The highest BCUT2D eigenvalue weighted by molar-refractivity contribution is 5.70. The fraction of sp³-hybridized carbons (Fsp3) is 0.909. The lowest BCUT2D eigenvalue weighted by Gasteiger charge is -2.54. The zero-order valence-electron chi connectivity index (χ0n) is 8.62. The van der Waals surface area contributed by atoms with Crippen molar-refractivity contribution in [1.82, 2.24) is 0 Å².